The van der Waals surface area contributed by atoms with Gasteiger partial charge in [-0.25, -0.2) is 0 Å². The molecule has 0 saturated carbocycles. The highest BCUT2D eigenvalue weighted by atomic mass is 16.5. The highest BCUT2D eigenvalue weighted by Gasteiger charge is 2.36. The maximum absolute atomic E-state index is 13.9. The molecule has 2 unspecified atom stereocenters. The molecule has 0 saturated heterocycles. The molecule has 0 spiro atoms. The Morgan fingerprint density at radius 1 is 0.744 bits per heavy atom. The average molecular weight is 517 g/mol. The number of carbonyl (C=O) groups excluding carboxylic acids is 1. The Kier molecular flexibility index (Phi) is 7.05. The number of ketones is 1. The number of rotatable bonds is 7. The first-order chi connectivity index (χ1) is 19.2. The summed E-state index contributed by atoms with van der Waals surface area (Å²) < 4.78 is 11.8. The number of hydrogen-bond acceptors (Lipinski definition) is 5. The lowest BCUT2D eigenvalue weighted by Gasteiger charge is -2.30. The van der Waals surface area contributed by atoms with E-state index in [0.717, 1.165) is 57.3 Å². The monoisotopic (exact) mass is 516 g/mol. The van der Waals surface area contributed by atoms with E-state index in [1.54, 1.807) is 0 Å². The summed E-state index contributed by atoms with van der Waals surface area (Å²) in [6.07, 6.45) is 1.22. The van der Waals surface area contributed by atoms with Crippen LogP contribution in [0.15, 0.2) is 114 Å². The zero-order valence-electron chi connectivity index (χ0n) is 22.0. The molecule has 0 fully saturated rings. The molecule has 2 aliphatic rings. The first-order valence-electron chi connectivity index (χ1n) is 13.6. The van der Waals surface area contributed by atoms with E-state index in [0.29, 0.717) is 19.6 Å². The van der Waals surface area contributed by atoms with Gasteiger partial charge in [0.1, 0.15) is 18.1 Å². The van der Waals surface area contributed by atoms with Crippen LogP contribution in [0.25, 0.3) is 0 Å². The molecule has 4 aromatic carbocycles. The topological polar surface area (TPSA) is 59.6 Å². The second-order valence-electron chi connectivity index (χ2n) is 10.0. The normalized spacial score (nSPS) is 18.2. The molecule has 1 aliphatic heterocycles. The summed E-state index contributed by atoms with van der Waals surface area (Å²) in [7, 11) is 0. The Balaban J connectivity index is 1.33. The summed E-state index contributed by atoms with van der Waals surface area (Å²) in [5.74, 6) is 1.89. The molecule has 1 aliphatic carbocycles. The predicted octanol–water partition coefficient (Wildman–Crippen LogP) is 7.64. The minimum absolute atomic E-state index is 0.103. The van der Waals surface area contributed by atoms with Crippen molar-refractivity contribution in [3.05, 3.63) is 131 Å². The van der Waals surface area contributed by atoms with Gasteiger partial charge in [0.15, 0.2) is 5.78 Å². The second-order valence-corrected chi connectivity index (χ2v) is 10.0. The number of benzene rings is 4. The van der Waals surface area contributed by atoms with Crippen LogP contribution in [0.5, 0.6) is 11.5 Å². The number of nitrogens with one attached hydrogen (secondary N) is 2. The van der Waals surface area contributed by atoms with Gasteiger partial charge in [-0.2, -0.15) is 0 Å². The number of carbonyl (C=O) groups is 1. The molecule has 2 N–H and O–H groups in total. The standard InChI is InChI=1S/C34H32N2O3/c1-2-38-27-17-15-24(16-18-27)26-20-31-33(32(37)21-26)34(36-30-14-7-6-13-29(30)35-31)25-11-8-12-28(19-25)39-22-23-9-4-3-5-10-23/h3-19,26,34-36H,2,20-22H2,1H3. The molecule has 196 valence electrons. The lowest BCUT2D eigenvalue weighted by Crippen LogP contribution is -2.26. The molecule has 0 bridgehead atoms. The van der Waals surface area contributed by atoms with Crippen LogP contribution in [-0.2, 0) is 11.4 Å². The number of allylic oxidation sites excluding steroid dienone is 1. The van der Waals surface area contributed by atoms with Crippen LogP contribution in [0, 0.1) is 0 Å². The van der Waals surface area contributed by atoms with Crippen LogP contribution >= 0.6 is 0 Å². The number of hydrogen-bond donors (Lipinski definition) is 2. The third kappa shape index (κ3) is 5.39. The third-order valence-electron chi connectivity index (χ3n) is 7.41. The molecule has 0 radical (unpaired) electrons. The van der Waals surface area contributed by atoms with E-state index >= 15 is 0 Å². The van der Waals surface area contributed by atoms with Gasteiger partial charge in [-0.1, -0.05) is 66.7 Å². The van der Waals surface area contributed by atoms with Gasteiger partial charge in [-0.15, -0.1) is 0 Å². The van der Waals surface area contributed by atoms with Crippen molar-refractivity contribution in [3.63, 3.8) is 0 Å². The molecule has 6 rings (SSSR count). The molecule has 2 atom stereocenters. The van der Waals surface area contributed by atoms with E-state index in [4.69, 9.17) is 9.47 Å². The van der Waals surface area contributed by atoms with Gasteiger partial charge in [0.2, 0.25) is 0 Å². The Morgan fingerprint density at radius 2 is 1.51 bits per heavy atom. The van der Waals surface area contributed by atoms with Crippen molar-refractivity contribution in [2.45, 2.75) is 38.3 Å². The zero-order valence-corrected chi connectivity index (χ0v) is 22.0. The van der Waals surface area contributed by atoms with E-state index in [1.807, 2.05) is 67.6 Å². The van der Waals surface area contributed by atoms with Crippen LogP contribution in [0.4, 0.5) is 11.4 Å². The van der Waals surface area contributed by atoms with Crippen molar-refractivity contribution < 1.29 is 14.3 Å². The van der Waals surface area contributed by atoms with Crippen LogP contribution in [0.1, 0.15) is 48.4 Å². The molecule has 4 aromatic rings. The van der Waals surface area contributed by atoms with Crippen molar-refractivity contribution in [2.24, 2.45) is 0 Å². The molecule has 0 amide bonds. The molecule has 39 heavy (non-hydrogen) atoms. The minimum Gasteiger partial charge on any atom is -0.494 e. The maximum atomic E-state index is 13.9. The van der Waals surface area contributed by atoms with Gasteiger partial charge in [0, 0.05) is 17.7 Å². The number of fused-ring (bicyclic) bond motifs is 1. The van der Waals surface area contributed by atoms with E-state index < -0.39 is 0 Å². The SMILES string of the molecule is CCOc1ccc(C2CC(=O)C3=C(C2)Nc2ccccc2NC3c2cccc(OCc3ccccc3)c2)cc1. The lowest BCUT2D eigenvalue weighted by atomic mass is 9.78. The average Bonchev–Trinajstić information content (AvgIpc) is 3.14. The first-order valence-corrected chi connectivity index (χ1v) is 13.6. The largest absolute Gasteiger partial charge is 0.494 e. The first kappa shape index (κ1) is 24.8. The van der Waals surface area contributed by atoms with Crippen molar-refractivity contribution in [2.75, 3.05) is 17.2 Å². The smallest absolute Gasteiger partial charge is 0.163 e. The second kappa shape index (κ2) is 11.1. The molecular weight excluding hydrogens is 484 g/mol. The fourth-order valence-electron chi connectivity index (χ4n) is 5.51. The lowest BCUT2D eigenvalue weighted by molar-refractivity contribution is -0.116. The highest BCUT2D eigenvalue weighted by molar-refractivity contribution is 6.01. The van der Waals surface area contributed by atoms with Crippen molar-refractivity contribution in [1.82, 2.24) is 0 Å². The summed E-state index contributed by atoms with van der Waals surface area (Å²) in [6.45, 7) is 3.10. The van der Waals surface area contributed by atoms with Crippen LogP contribution < -0.4 is 20.1 Å². The molecular formula is C34H32N2O3. The Bertz CT molecular complexity index is 1490. The Hall–Kier alpha value is -4.51. The van der Waals surface area contributed by atoms with Crippen molar-refractivity contribution in [3.8, 4) is 11.5 Å². The Labute approximate surface area is 229 Å². The summed E-state index contributed by atoms with van der Waals surface area (Å²) >= 11 is 0. The maximum Gasteiger partial charge on any atom is 0.163 e. The van der Waals surface area contributed by atoms with Crippen molar-refractivity contribution >= 4 is 17.2 Å². The van der Waals surface area contributed by atoms with Crippen LogP contribution in [-0.4, -0.2) is 12.4 Å². The quantitative estimate of drug-likeness (QED) is 0.264. The van der Waals surface area contributed by atoms with Crippen molar-refractivity contribution in [1.29, 1.82) is 0 Å². The Morgan fingerprint density at radius 3 is 2.31 bits per heavy atom. The minimum atomic E-state index is -0.287. The predicted molar refractivity (Wildman–Crippen MR) is 155 cm³/mol. The van der Waals surface area contributed by atoms with E-state index in [2.05, 4.69) is 53.1 Å². The summed E-state index contributed by atoms with van der Waals surface area (Å²) in [4.78, 5) is 13.9. The third-order valence-corrected chi connectivity index (χ3v) is 7.41. The zero-order chi connectivity index (χ0) is 26.6. The highest BCUT2D eigenvalue weighted by Crippen LogP contribution is 2.44. The van der Waals surface area contributed by atoms with Crippen LogP contribution in [0.3, 0.4) is 0 Å². The van der Waals surface area contributed by atoms with Gasteiger partial charge in [0.25, 0.3) is 0 Å². The van der Waals surface area contributed by atoms with Gasteiger partial charge in [-0.05, 0) is 72.4 Å². The van der Waals surface area contributed by atoms with Gasteiger partial charge < -0.3 is 20.1 Å². The van der Waals surface area contributed by atoms with Gasteiger partial charge in [0.05, 0.1) is 24.0 Å². The fourth-order valence-corrected chi connectivity index (χ4v) is 5.51. The molecule has 5 heteroatoms. The molecule has 5 nitrogen and oxygen atoms in total. The summed E-state index contributed by atoms with van der Waals surface area (Å²) in [5.41, 5.74) is 6.98. The molecule has 0 aromatic heterocycles. The number of anilines is 2. The number of ether oxygens (including phenoxy) is 2. The van der Waals surface area contributed by atoms with Crippen LogP contribution in [0.2, 0.25) is 0 Å². The fraction of sp³-hybridized carbons (Fsp3) is 0.206. The van der Waals surface area contributed by atoms with E-state index in [1.165, 1.54) is 0 Å². The summed E-state index contributed by atoms with van der Waals surface area (Å²) in [5, 5.41) is 7.29. The number of para-hydroxylation sites is 2. The van der Waals surface area contributed by atoms with E-state index in [9.17, 15) is 4.79 Å². The molecule has 1 heterocycles. The summed E-state index contributed by atoms with van der Waals surface area (Å²) in [6, 6.07) is 34.2. The van der Waals surface area contributed by atoms with E-state index in [-0.39, 0.29) is 17.7 Å². The van der Waals surface area contributed by atoms with Gasteiger partial charge >= 0.3 is 0 Å². The van der Waals surface area contributed by atoms with Gasteiger partial charge in [-0.3, -0.25) is 4.79 Å². The number of Topliss-reactive ketones (excluding diaryl/α,β-unsaturated/α-hetero) is 1.